The Bertz CT molecular complexity index is 426. The molecule has 8 nitrogen and oxygen atoms in total. The summed E-state index contributed by atoms with van der Waals surface area (Å²) in [5, 5.41) is 19.4. The van der Waals surface area contributed by atoms with Crippen LogP contribution in [0.25, 0.3) is 0 Å². The summed E-state index contributed by atoms with van der Waals surface area (Å²) in [5.74, 6) is 0. The summed E-state index contributed by atoms with van der Waals surface area (Å²) in [4.78, 5) is 19.4. The Labute approximate surface area is 250 Å². The van der Waals surface area contributed by atoms with Gasteiger partial charge in [0.25, 0.3) is 12.3 Å². The molecule has 0 aromatic heterocycles. The average molecular weight is 668 g/mol. The van der Waals surface area contributed by atoms with Crippen LogP contribution in [0.4, 0.5) is 9.59 Å². The fraction of sp³-hybridized carbons (Fsp3) is 0.933. The number of unbranched alkanes of at least 4 members (excludes halogenated alkanes) is 10. The molecule has 0 atom stereocenters. The minimum Gasteiger partial charge on any atom is -0.550 e. The predicted molar refractivity (Wildman–Crippen MR) is 156 cm³/mol. The molecule has 0 aliphatic heterocycles. The molecule has 0 heterocycles. The van der Waals surface area contributed by atoms with Gasteiger partial charge in [-0.15, -0.1) is 0 Å². The van der Waals surface area contributed by atoms with E-state index < -0.39 is 12.3 Å². The van der Waals surface area contributed by atoms with Crippen molar-refractivity contribution in [3.63, 3.8) is 0 Å². The maximum atomic E-state index is 9.71. The van der Waals surface area contributed by atoms with E-state index in [0.29, 0.717) is 39.3 Å². The Kier molecular flexibility index (Phi) is 45.7. The Balaban J connectivity index is -0.000000519. The molecule has 0 unspecified atom stereocenters. The second-order valence-electron chi connectivity index (χ2n) is 9.41. The Hall–Kier alpha value is -0.741. The van der Waals surface area contributed by atoms with Gasteiger partial charge >= 0.3 is 121 Å². The van der Waals surface area contributed by atoms with E-state index in [0.717, 1.165) is 12.8 Å². The van der Waals surface area contributed by atoms with E-state index in [1.54, 1.807) is 21.7 Å². The first kappa shape index (κ1) is 42.7. The normalized spacial score (nSPS) is 9.95. The molecule has 0 rings (SSSR count). The van der Waals surface area contributed by atoms with Crippen LogP contribution in [-0.2, 0) is 18.9 Å². The van der Waals surface area contributed by atoms with Gasteiger partial charge in [-0.25, -0.2) is 0 Å². The number of hydrogen-bond acceptors (Lipinski definition) is 8. The van der Waals surface area contributed by atoms with Crippen molar-refractivity contribution >= 4 is 33.5 Å². The van der Waals surface area contributed by atoms with Crippen molar-refractivity contribution in [3.8, 4) is 0 Å². The fourth-order valence-electron chi connectivity index (χ4n) is 3.31. The Morgan fingerprint density at radius 3 is 1.15 bits per heavy atom. The summed E-state index contributed by atoms with van der Waals surface area (Å²) in [6.45, 7) is 11.5. The quantitative estimate of drug-likeness (QED) is 0.0578. The summed E-state index contributed by atoms with van der Waals surface area (Å²) in [7, 11) is 0. The minimum absolute atomic E-state index is 0.0736. The number of carboxylic acid groups (broad SMARTS) is 2. The maximum absolute atomic E-state index is 9.71. The van der Waals surface area contributed by atoms with Crippen LogP contribution in [0, 0.1) is 0 Å². The van der Waals surface area contributed by atoms with Crippen LogP contribution >= 0.6 is 0 Å². The van der Waals surface area contributed by atoms with E-state index in [4.69, 9.17) is 9.47 Å². The van der Waals surface area contributed by atoms with Gasteiger partial charge in [0.15, 0.2) is 0 Å². The van der Waals surface area contributed by atoms with Crippen molar-refractivity contribution < 1.29 is 38.7 Å². The van der Waals surface area contributed by atoms with Crippen molar-refractivity contribution in [2.45, 2.75) is 139 Å². The number of carbonyl (C=O) groups is 2. The molecule has 0 aromatic rings. The van der Waals surface area contributed by atoms with Crippen molar-refractivity contribution in [1.29, 1.82) is 0 Å². The summed E-state index contributed by atoms with van der Waals surface area (Å²) in [5.41, 5.74) is 0. The van der Waals surface area contributed by atoms with Gasteiger partial charge < -0.3 is 38.7 Å². The minimum atomic E-state index is -1.47. The van der Waals surface area contributed by atoms with Gasteiger partial charge in [0.1, 0.15) is 0 Å². The number of ether oxygens (including phenoxy) is 4. The summed E-state index contributed by atoms with van der Waals surface area (Å²) in [6, 6.07) is 0. The standard InChI is InChI=1S/2C8H17.2C7H14O4.Sn/c2*1-3-5-7-8-6-4-2;2*1-2-4-10-5-3-6-11-7(8)9;/h2*1,3-8H2,2H3;2*2-6H2,1H3,(H,8,9);/q;;;;+2/p-2. The van der Waals surface area contributed by atoms with Crippen LogP contribution in [0.1, 0.15) is 130 Å². The topological polar surface area (TPSA) is 117 Å². The maximum Gasteiger partial charge on any atom is 0.251 e. The molecule has 232 valence electrons. The smallest absolute Gasteiger partial charge is 0.251 e. The second kappa shape index (κ2) is 41.7. The van der Waals surface area contributed by atoms with Crippen LogP contribution in [0.5, 0.6) is 0 Å². The van der Waals surface area contributed by atoms with Gasteiger partial charge in [0.05, 0.1) is 0 Å². The van der Waals surface area contributed by atoms with E-state index >= 15 is 0 Å². The molecule has 0 aromatic carbocycles. The van der Waals surface area contributed by atoms with E-state index in [9.17, 15) is 19.8 Å². The van der Waals surface area contributed by atoms with Gasteiger partial charge in [0.2, 0.25) is 0 Å². The van der Waals surface area contributed by atoms with Gasteiger partial charge in [-0.1, -0.05) is 13.8 Å². The van der Waals surface area contributed by atoms with Gasteiger partial charge in [-0.3, -0.25) is 0 Å². The third kappa shape index (κ3) is 54.1. The van der Waals surface area contributed by atoms with Crippen LogP contribution < -0.4 is 10.2 Å². The monoisotopic (exact) mass is 668 g/mol. The Morgan fingerprint density at radius 1 is 0.462 bits per heavy atom. The average Bonchev–Trinajstić information content (AvgIpc) is 2.91. The zero-order chi connectivity index (χ0) is 29.7. The number of carbonyl (C=O) groups excluding carboxylic acids is 2. The first-order valence-electron chi connectivity index (χ1n) is 15.5. The molecule has 39 heavy (non-hydrogen) atoms. The Morgan fingerprint density at radius 2 is 0.821 bits per heavy atom. The van der Waals surface area contributed by atoms with Gasteiger partial charge in [0, 0.05) is 39.6 Å². The summed E-state index contributed by atoms with van der Waals surface area (Å²) >= 11 is 0.0736. The van der Waals surface area contributed by atoms with Crippen LogP contribution in [-0.4, -0.2) is 73.1 Å². The largest absolute Gasteiger partial charge is 0.550 e. The molecule has 0 spiro atoms. The van der Waals surface area contributed by atoms with Crippen molar-refractivity contribution in [3.05, 3.63) is 0 Å². The summed E-state index contributed by atoms with van der Waals surface area (Å²) < 4.78 is 21.8. The molecule has 0 radical (unpaired) electrons. The molecule has 0 N–H and O–H groups in total. The molecule has 0 fully saturated rings. The molecular weight excluding hydrogens is 607 g/mol. The third-order valence-corrected chi connectivity index (χ3v) is 9.45. The summed E-state index contributed by atoms with van der Waals surface area (Å²) in [6.07, 6.45) is 18.0. The molecule has 0 saturated carbocycles. The second-order valence-corrected chi connectivity index (χ2v) is 13.7. The fourth-order valence-corrected chi connectivity index (χ4v) is 6.88. The molecule has 0 aliphatic carbocycles. The molecule has 0 bridgehead atoms. The van der Waals surface area contributed by atoms with Gasteiger partial charge in [-0.05, 0) is 25.7 Å². The zero-order valence-corrected chi connectivity index (χ0v) is 28.6. The number of rotatable bonds is 26. The van der Waals surface area contributed by atoms with E-state index in [1.807, 2.05) is 13.8 Å². The van der Waals surface area contributed by atoms with Crippen LogP contribution in [0.2, 0.25) is 8.87 Å². The molecular formula is C30H60O8Sn. The van der Waals surface area contributed by atoms with Gasteiger partial charge in [-0.2, -0.15) is 0 Å². The SMILES string of the molecule is CCCCCCC[CH2][Sn+2][CH2]CCCCCCC.CCCOCCCOC(=O)[O-].CCCOCCCOC(=O)[O-]. The van der Waals surface area contributed by atoms with E-state index in [1.165, 1.54) is 64.2 Å². The number of hydrogen-bond donors (Lipinski definition) is 0. The first-order valence-corrected chi connectivity index (χ1v) is 19.5. The van der Waals surface area contributed by atoms with Crippen LogP contribution in [0.15, 0.2) is 0 Å². The van der Waals surface area contributed by atoms with E-state index in [2.05, 4.69) is 23.3 Å². The van der Waals surface area contributed by atoms with Crippen LogP contribution in [0.3, 0.4) is 0 Å². The third-order valence-electron chi connectivity index (χ3n) is 5.42. The molecule has 0 saturated heterocycles. The van der Waals surface area contributed by atoms with Crippen molar-refractivity contribution in [2.24, 2.45) is 0 Å². The zero-order valence-electron chi connectivity index (χ0n) is 25.7. The van der Waals surface area contributed by atoms with Crippen molar-refractivity contribution in [2.75, 3.05) is 39.6 Å². The van der Waals surface area contributed by atoms with E-state index in [-0.39, 0.29) is 34.4 Å². The molecule has 0 aliphatic rings. The molecule has 9 heteroatoms. The van der Waals surface area contributed by atoms with Crippen molar-refractivity contribution in [1.82, 2.24) is 0 Å². The first-order chi connectivity index (χ1) is 19.0. The predicted octanol–water partition coefficient (Wildman–Crippen LogP) is 6.57. The molecule has 0 amide bonds.